The molecular weight excluding hydrogens is 329 g/mol. The number of furan rings is 1. The Morgan fingerprint density at radius 2 is 1.76 bits per heavy atom. The van der Waals surface area contributed by atoms with Crippen LogP contribution in [0.25, 0.3) is 0 Å². The van der Waals surface area contributed by atoms with Gasteiger partial charge in [0.05, 0.1) is 38.0 Å². The third-order valence-corrected chi connectivity index (χ3v) is 5.12. The van der Waals surface area contributed by atoms with Gasteiger partial charge in [-0.2, -0.15) is 0 Å². The van der Waals surface area contributed by atoms with Gasteiger partial charge in [0.2, 0.25) is 0 Å². The summed E-state index contributed by atoms with van der Waals surface area (Å²) in [4.78, 5) is 0.457. The Bertz CT molecular complexity index is 620. The van der Waals surface area contributed by atoms with E-state index in [1.807, 2.05) is 12.1 Å². The van der Waals surface area contributed by atoms with Crippen molar-refractivity contribution in [1.29, 1.82) is 0 Å². The molecular formula is C15H17Cl2NO2S. The second-order valence-electron chi connectivity index (χ2n) is 4.94. The van der Waals surface area contributed by atoms with Crippen LogP contribution in [0.4, 0.5) is 0 Å². The van der Waals surface area contributed by atoms with E-state index >= 15 is 0 Å². The Hall–Kier alpha value is -0.810. The van der Waals surface area contributed by atoms with Crippen molar-refractivity contribution < 1.29 is 8.63 Å². The molecule has 0 aliphatic heterocycles. The minimum absolute atomic E-state index is 0.255. The van der Waals surface area contributed by atoms with Crippen LogP contribution in [0, 0.1) is 0 Å². The molecule has 2 rings (SSSR count). The van der Waals surface area contributed by atoms with Gasteiger partial charge in [-0.25, -0.2) is 0 Å². The molecule has 0 bridgehead atoms. The van der Waals surface area contributed by atoms with Crippen LogP contribution >= 0.6 is 23.2 Å². The van der Waals surface area contributed by atoms with Crippen LogP contribution in [0.1, 0.15) is 25.4 Å². The molecule has 0 amide bonds. The van der Waals surface area contributed by atoms with E-state index in [0.29, 0.717) is 33.3 Å². The van der Waals surface area contributed by atoms with E-state index in [0.717, 1.165) is 5.76 Å². The van der Waals surface area contributed by atoms with E-state index in [9.17, 15) is 4.21 Å². The van der Waals surface area contributed by atoms with Gasteiger partial charge in [0.25, 0.3) is 0 Å². The molecule has 0 aliphatic carbocycles. The molecule has 114 valence electrons. The highest BCUT2D eigenvalue weighted by molar-refractivity contribution is 7.84. The monoisotopic (exact) mass is 345 g/mol. The molecule has 1 atom stereocenters. The predicted molar refractivity (Wildman–Crippen MR) is 87.3 cm³/mol. The molecule has 1 aromatic carbocycles. The van der Waals surface area contributed by atoms with Crippen LogP contribution in [0.15, 0.2) is 39.6 Å². The third-order valence-electron chi connectivity index (χ3n) is 2.82. The number of halogens is 2. The first-order valence-electron chi connectivity index (χ1n) is 6.60. The maximum Gasteiger partial charge on any atom is 0.118 e. The second-order valence-corrected chi connectivity index (χ2v) is 7.15. The summed E-state index contributed by atoms with van der Waals surface area (Å²) in [7, 11) is -1.33. The maximum absolute atomic E-state index is 12.4. The summed E-state index contributed by atoms with van der Waals surface area (Å²) in [5.74, 6) is 1.73. The molecule has 0 saturated carbocycles. The van der Waals surface area contributed by atoms with Crippen molar-refractivity contribution in [1.82, 2.24) is 5.32 Å². The van der Waals surface area contributed by atoms with Gasteiger partial charge in [-0.05, 0) is 24.3 Å². The minimum atomic E-state index is -1.33. The average Bonchev–Trinajstić information content (AvgIpc) is 2.83. The van der Waals surface area contributed by atoms with Crippen LogP contribution in [-0.4, -0.2) is 10.3 Å². The highest BCUT2D eigenvalue weighted by atomic mass is 35.5. The van der Waals surface area contributed by atoms with Gasteiger partial charge in [-0.1, -0.05) is 43.1 Å². The predicted octanol–water partition coefficient (Wildman–Crippen LogP) is 4.39. The van der Waals surface area contributed by atoms with Crippen molar-refractivity contribution in [2.45, 2.75) is 37.1 Å². The molecule has 21 heavy (non-hydrogen) atoms. The Kier molecular flexibility index (Phi) is 5.88. The standard InChI is InChI=1S/C15H17Cl2NO2S/c1-10(2)18-8-11-6-7-12(20-11)9-21(19)15-13(16)4-3-5-14(15)17/h3-7,10,18H,8-9H2,1-2H3. The van der Waals surface area contributed by atoms with Gasteiger partial charge in [-0.15, -0.1) is 0 Å². The number of nitrogens with one attached hydrogen (secondary N) is 1. The number of hydrogen-bond donors (Lipinski definition) is 1. The molecule has 0 aliphatic rings. The lowest BCUT2D eigenvalue weighted by atomic mass is 10.3. The van der Waals surface area contributed by atoms with Crippen LogP contribution in [0.5, 0.6) is 0 Å². The summed E-state index contributed by atoms with van der Waals surface area (Å²) in [6.07, 6.45) is 0. The third kappa shape index (κ3) is 4.58. The SMILES string of the molecule is CC(C)NCc1ccc(CS(=O)c2c(Cl)cccc2Cl)o1. The Labute approximate surface area is 137 Å². The van der Waals surface area contributed by atoms with Gasteiger partial charge in [0, 0.05) is 6.04 Å². The molecule has 0 spiro atoms. The van der Waals surface area contributed by atoms with Crippen molar-refractivity contribution in [2.75, 3.05) is 0 Å². The highest BCUT2D eigenvalue weighted by Gasteiger charge is 2.15. The Balaban J connectivity index is 2.06. The first-order valence-corrected chi connectivity index (χ1v) is 8.68. The summed E-state index contributed by atoms with van der Waals surface area (Å²) < 4.78 is 18.1. The van der Waals surface area contributed by atoms with Crippen LogP contribution < -0.4 is 5.32 Å². The zero-order chi connectivity index (χ0) is 15.4. The first-order chi connectivity index (χ1) is 9.97. The minimum Gasteiger partial charge on any atom is -0.464 e. The van der Waals surface area contributed by atoms with Crippen LogP contribution in [0.3, 0.4) is 0 Å². The maximum atomic E-state index is 12.4. The summed E-state index contributed by atoms with van der Waals surface area (Å²) in [5.41, 5.74) is 0. The fourth-order valence-electron chi connectivity index (χ4n) is 1.80. The highest BCUT2D eigenvalue weighted by Crippen LogP contribution is 2.29. The number of rotatable bonds is 6. The molecule has 6 heteroatoms. The first kappa shape index (κ1) is 16.6. The molecule has 1 heterocycles. The van der Waals surface area contributed by atoms with Crippen molar-refractivity contribution in [2.24, 2.45) is 0 Å². The van der Waals surface area contributed by atoms with Crippen LogP contribution in [-0.2, 0) is 23.1 Å². The van der Waals surface area contributed by atoms with Gasteiger partial charge < -0.3 is 9.73 Å². The molecule has 0 radical (unpaired) electrons. The van der Waals surface area contributed by atoms with E-state index in [-0.39, 0.29) is 5.75 Å². The number of hydrogen-bond acceptors (Lipinski definition) is 3. The van der Waals surface area contributed by atoms with E-state index in [1.54, 1.807) is 18.2 Å². The largest absolute Gasteiger partial charge is 0.464 e. The van der Waals surface area contributed by atoms with E-state index in [1.165, 1.54) is 0 Å². The number of benzene rings is 1. The lowest BCUT2D eigenvalue weighted by molar-refractivity contribution is 0.445. The zero-order valence-corrected chi connectivity index (χ0v) is 14.2. The van der Waals surface area contributed by atoms with Crippen LogP contribution in [0.2, 0.25) is 10.0 Å². The van der Waals surface area contributed by atoms with Gasteiger partial charge >= 0.3 is 0 Å². The average molecular weight is 346 g/mol. The summed E-state index contributed by atoms with van der Waals surface area (Å²) in [5, 5.41) is 4.09. The Morgan fingerprint density at radius 3 is 2.38 bits per heavy atom. The molecule has 1 N–H and O–H groups in total. The molecule has 1 aromatic heterocycles. The molecule has 0 fully saturated rings. The normalized spacial score (nSPS) is 12.8. The summed E-state index contributed by atoms with van der Waals surface area (Å²) >= 11 is 12.1. The quantitative estimate of drug-likeness (QED) is 0.843. The van der Waals surface area contributed by atoms with Gasteiger partial charge in [0.15, 0.2) is 0 Å². The van der Waals surface area contributed by atoms with E-state index < -0.39 is 10.8 Å². The fourth-order valence-corrected chi connectivity index (χ4v) is 3.84. The topological polar surface area (TPSA) is 42.2 Å². The van der Waals surface area contributed by atoms with Crippen molar-refractivity contribution in [3.8, 4) is 0 Å². The van der Waals surface area contributed by atoms with Crippen molar-refractivity contribution in [3.63, 3.8) is 0 Å². The lowest BCUT2D eigenvalue weighted by Crippen LogP contribution is -2.21. The molecule has 1 unspecified atom stereocenters. The Morgan fingerprint density at radius 1 is 1.14 bits per heavy atom. The van der Waals surface area contributed by atoms with Gasteiger partial charge in [-0.3, -0.25) is 4.21 Å². The summed E-state index contributed by atoms with van der Waals surface area (Å²) in [6, 6.07) is 9.20. The van der Waals surface area contributed by atoms with E-state index in [4.69, 9.17) is 27.6 Å². The zero-order valence-electron chi connectivity index (χ0n) is 11.9. The van der Waals surface area contributed by atoms with Crippen molar-refractivity contribution >= 4 is 34.0 Å². The molecule has 2 aromatic rings. The second kappa shape index (κ2) is 7.45. The summed E-state index contributed by atoms with van der Waals surface area (Å²) in [6.45, 7) is 4.79. The smallest absolute Gasteiger partial charge is 0.118 e. The lowest BCUT2D eigenvalue weighted by Gasteiger charge is -2.06. The molecule has 0 saturated heterocycles. The van der Waals surface area contributed by atoms with E-state index in [2.05, 4.69) is 19.2 Å². The van der Waals surface area contributed by atoms with Gasteiger partial charge in [0.1, 0.15) is 11.5 Å². The van der Waals surface area contributed by atoms with Crippen molar-refractivity contribution in [3.05, 3.63) is 51.9 Å². The fraction of sp³-hybridized carbons (Fsp3) is 0.333. The molecule has 3 nitrogen and oxygen atoms in total.